The number of rotatable bonds is 5. The molecule has 0 radical (unpaired) electrons. The highest BCUT2D eigenvalue weighted by molar-refractivity contribution is 4.81. The quantitative estimate of drug-likeness (QED) is 0.792. The van der Waals surface area contributed by atoms with Gasteiger partial charge < -0.3 is 10.2 Å². The number of nitrogens with one attached hydrogen (secondary N) is 1. The van der Waals surface area contributed by atoms with Crippen LogP contribution in [0.5, 0.6) is 0 Å². The molecular weight excluding hydrogens is 208 g/mol. The van der Waals surface area contributed by atoms with E-state index in [1.54, 1.807) is 0 Å². The molecular formula is C15H30N2. The van der Waals surface area contributed by atoms with Gasteiger partial charge in [0.05, 0.1) is 0 Å². The largest absolute Gasteiger partial charge is 0.317 e. The molecule has 2 saturated carbocycles. The Kier molecular flexibility index (Phi) is 5.30. The average Bonchev–Trinajstić information content (AvgIpc) is 2.89. The predicted octanol–water partition coefficient (Wildman–Crippen LogP) is 3.03. The van der Waals surface area contributed by atoms with Gasteiger partial charge in [-0.25, -0.2) is 0 Å². The molecule has 0 aromatic carbocycles. The first-order chi connectivity index (χ1) is 8.29. The summed E-state index contributed by atoms with van der Waals surface area (Å²) in [6.07, 6.45) is 13.0. The number of nitrogens with zero attached hydrogens (tertiary/aromatic N) is 1. The lowest BCUT2D eigenvalue weighted by atomic mass is 9.90. The van der Waals surface area contributed by atoms with Crippen molar-refractivity contribution in [3.8, 4) is 0 Å². The summed E-state index contributed by atoms with van der Waals surface area (Å²) >= 11 is 0. The summed E-state index contributed by atoms with van der Waals surface area (Å²) in [5.74, 6) is 1.05. The van der Waals surface area contributed by atoms with Gasteiger partial charge in [0.25, 0.3) is 0 Å². The van der Waals surface area contributed by atoms with Crippen molar-refractivity contribution in [2.75, 3.05) is 20.6 Å². The van der Waals surface area contributed by atoms with E-state index in [1.165, 1.54) is 64.3 Å². The van der Waals surface area contributed by atoms with Crippen LogP contribution in [0.25, 0.3) is 0 Å². The Bertz CT molecular complexity index is 203. The van der Waals surface area contributed by atoms with E-state index in [0.29, 0.717) is 0 Å². The van der Waals surface area contributed by atoms with Crippen molar-refractivity contribution in [1.29, 1.82) is 0 Å². The Morgan fingerprint density at radius 2 is 1.65 bits per heavy atom. The molecule has 2 fully saturated rings. The Morgan fingerprint density at radius 3 is 2.24 bits per heavy atom. The highest BCUT2D eigenvalue weighted by Gasteiger charge is 2.23. The molecule has 0 atom stereocenters. The summed E-state index contributed by atoms with van der Waals surface area (Å²) < 4.78 is 0. The van der Waals surface area contributed by atoms with E-state index in [2.05, 4.69) is 24.3 Å². The van der Waals surface area contributed by atoms with Crippen LogP contribution in [-0.4, -0.2) is 37.6 Å². The lowest BCUT2D eigenvalue weighted by Crippen LogP contribution is -2.40. The van der Waals surface area contributed by atoms with E-state index in [4.69, 9.17) is 0 Å². The highest BCUT2D eigenvalue weighted by Crippen LogP contribution is 2.28. The monoisotopic (exact) mass is 238 g/mol. The highest BCUT2D eigenvalue weighted by atomic mass is 15.1. The molecule has 1 N–H and O–H groups in total. The molecule has 0 bridgehead atoms. The van der Waals surface area contributed by atoms with Gasteiger partial charge in [0.1, 0.15) is 0 Å². The van der Waals surface area contributed by atoms with Gasteiger partial charge >= 0.3 is 0 Å². The Balaban J connectivity index is 1.64. The smallest absolute Gasteiger partial charge is 0.00933 e. The Hall–Kier alpha value is -0.0800. The van der Waals surface area contributed by atoms with Crippen LogP contribution >= 0.6 is 0 Å². The molecule has 2 heteroatoms. The van der Waals surface area contributed by atoms with Gasteiger partial charge in [-0.15, -0.1) is 0 Å². The van der Waals surface area contributed by atoms with Gasteiger partial charge in [0.15, 0.2) is 0 Å². The van der Waals surface area contributed by atoms with Crippen LogP contribution in [0.15, 0.2) is 0 Å². The lowest BCUT2D eigenvalue weighted by molar-refractivity contribution is 0.167. The minimum atomic E-state index is 0.787. The fraction of sp³-hybridized carbons (Fsp3) is 1.00. The van der Waals surface area contributed by atoms with Gasteiger partial charge in [-0.2, -0.15) is 0 Å². The number of hydrogen-bond donors (Lipinski definition) is 1. The minimum Gasteiger partial charge on any atom is -0.317 e. The lowest BCUT2D eigenvalue weighted by Gasteiger charge is -2.35. The first-order valence-electron chi connectivity index (χ1n) is 7.67. The van der Waals surface area contributed by atoms with Crippen molar-refractivity contribution in [2.45, 2.75) is 69.9 Å². The molecule has 0 heterocycles. The molecule has 2 aliphatic carbocycles. The van der Waals surface area contributed by atoms with E-state index in [0.717, 1.165) is 18.0 Å². The van der Waals surface area contributed by atoms with E-state index >= 15 is 0 Å². The first-order valence-corrected chi connectivity index (χ1v) is 7.67. The SMILES string of the molecule is CNC1CCC(N(C)CCC2CCCC2)CC1. The molecule has 0 aromatic heterocycles. The number of hydrogen-bond acceptors (Lipinski definition) is 2. The summed E-state index contributed by atoms with van der Waals surface area (Å²) in [4.78, 5) is 2.64. The molecule has 0 amide bonds. The summed E-state index contributed by atoms with van der Waals surface area (Å²) in [7, 11) is 4.45. The summed E-state index contributed by atoms with van der Waals surface area (Å²) in [6.45, 7) is 1.33. The topological polar surface area (TPSA) is 15.3 Å². The molecule has 0 spiro atoms. The van der Waals surface area contributed by atoms with E-state index in [-0.39, 0.29) is 0 Å². The zero-order valence-corrected chi connectivity index (χ0v) is 11.8. The maximum absolute atomic E-state index is 3.42. The summed E-state index contributed by atoms with van der Waals surface area (Å²) in [5, 5.41) is 3.42. The van der Waals surface area contributed by atoms with E-state index < -0.39 is 0 Å². The summed E-state index contributed by atoms with van der Waals surface area (Å²) in [6, 6.07) is 1.65. The van der Waals surface area contributed by atoms with Crippen molar-refractivity contribution in [1.82, 2.24) is 10.2 Å². The van der Waals surface area contributed by atoms with Crippen molar-refractivity contribution in [2.24, 2.45) is 5.92 Å². The molecule has 2 rings (SSSR count). The summed E-state index contributed by atoms with van der Waals surface area (Å²) in [5.41, 5.74) is 0. The van der Waals surface area contributed by atoms with Gasteiger partial charge in [-0.1, -0.05) is 25.7 Å². The van der Waals surface area contributed by atoms with Crippen LogP contribution in [-0.2, 0) is 0 Å². The first kappa shape index (κ1) is 13.4. The second-order valence-corrected chi connectivity index (χ2v) is 6.21. The van der Waals surface area contributed by atoms with Crippen molar-refractivity contribution in [3.05, 3.63) is 0 Å². The van der Waals surface area contributed by atoms with E-state index in [9.17, 15) is 0 Å². The van der Waals surface area contributed by atoms with Crippen molar-refractivity contribution < 1.29 is 0 Å². The van der Waals surface area contributed by atoms with Crippen molar-refractivity contribution >= 4 is 0 Å². The van der Waals surface area contributed by atoms with Crippen LogP contribution in [0.3, 0.4) is 0 Å². The minimum absolute atomic E-state index is 0.787. The second-order valence-electron chi connectivity index (χ2n) is 6.21. The Morgan fingerprint density at radius 1 is 1.00 bits per heavy atom. The van der Waals surface area contributed by atoms with Gasteiger partial charge in [0, 0.05) is 12.1 Å². The maximum Gasteiger partial charge on any atom is 0.00933 e. The van der Waals surface area contributed by atoms with Crippen molar-refractivity contribution in [3.63, 3.8) is 0 Å². The fourth-order valence-corrected chi connectivity index (χ4v) is 3.67. The molecule has 2 nitrogen and oxygen atoms in total. The molecule has 0 aromatic rings. The molecule has 17 heavy (non-hydrogen) atoms. The molecule has 0 aliphatic heterocycles. The van der Waals surface area contributed by atoms with Gasteiger partial charge in [0.2, 0.25) is 0 Å². The molecule has 2 aliphatic rings. The third-order valence-corrected chi connectivity index (χ3v) is 5.09. The van der Waals surface area contributed by atoms with Gasteiger partial charge in [-0.3, -0.25) is 0 Å². The van der Waals surface area contributed by atoms with Crippen LogP contribution < -0.4 is 5.32 Å². The van der Waals surface area contributed by atoms with Crippen LogP contribution in [0.4, 0.5) is 0 Å². The van der Waals surface area contributed by atoms with Gasteiger partial charge in [-0.05, 0) is 58.7 Å². The maximum atomic E-state index is 3.42. The van der Waals surface area contributed by atoms with Crippen LogP contribution in [0.1, 0.15) is 57.8 Å². The average molecular weight is 238 g/mol. The molecule has 0 unspecified atom stereocenters. The van der Waals surface area contributed by atoms with E-state index in [1.807, 2.05) is 0 Å². The zero-order valence-electron chi connectivity index (χ0n) is 11.8. The molecule has 100 valence electrons. The Labute approximate surface area is 107 Å². The predicted molar refractivity (Wildman–Crippen MR) is 74.3 cm³/mol. The molecule has 0 saturated heterocycles. The normalized spacial score (nSPS) is 31.2. The third kappa shape index (κ3) is 3.96. The second kappa shape index (κ2) is 6.75. The standard InChI is InChI=1S/C15H30N2/c1-16-14-7-9-15(10-8-14)17(2)12-11-13-5-3-4-6-13/h13-16H,3-12H2,1-2H3. The fourth-order valence-electron chi connectivity index (χ4n) is 3.67. The third-order valence-electron chi connectivity index (χ3n) is 5.09. The van der Waals surface area contributed by atoms with Crippen LogP contribution in [0, 0.1) is 5.92 Å². The zero-order chi connectivity index (χ0) is 12.1. The van der Waals surface area contributed by atoms with Crippen LogP contribution in [0.2, 0.25) is 0 Å².